The van der Waals surface area contributed by atoms with Gasteiger partial charge in [0.15, 0.2) is 0 Å². The Morgan fingerprint density at radius 3 is 3.00 bits per heavy atom. The molecule has 0 unspecified atom stereocenters. The number of rotatable bonds is 4. The standard InChI is InChI=1S/C17H20N4O2/c1-3-15-19-10-12-7-9-21(11-14(12)20-15)16-13(6-5-8-18-16)17(22)23-4-2/h5-6,8,10H,3-4,7,9,11H2,1-2H3. The molecule has 0 N–H and O–H groups in total. The molecule has 6 nitrogen and oxygen atoms in total. The molecular formula is C17H20N4O2. The van der Waals surface area contributed by atoms with Crippen LogP contribution >= 0.6 is 0 Å². The minimum atomic E-state index is -0.335. The highest BCUT2D eigenvalue weighted by atomic mass is 16.5. The van der Waals surface area contributed by atoms with Crippen molar-refractivity contribution in [3.63, 3.8) is 0 Å². The van der Waals surface area contributed by atoms with E-state index < -0.39 is 0 Å². The topological polar surface area (TPSA) is 68.2 Å². The Kier molecular flexibility index (Phi) is 4.50. The maximum absolute atomic E-state index is 12.1. The predicted molar refractivity (Wildman–Crippen MR) is 86.4 cm³/mol. The highest BCUT2D eigenvalue weighted by Crippen LogP contribution is 2.25. The van der Waals surface area contributed by atoms with E-state index in [1.165, 1.54) is 5.56 Å². The first kappa shape index (κ1) is 15.4. The lowest BCUT2D eigenvalue weighted by Gasteiger charge is -2.30. The zero-order valence-electron chi connectivity index (χ0n) is 13.5. The summed E-state index contributed by atoms with van der Waals surface area (Å²) in [5, 5.41) is 0. The summed E-state index contributed by atoms with van der Waals surface area (Å²) in [4.78, 5) is 27.6. The van der Waals surface area contributed by atoms with Gasteiger partial charge in [-0.25, -0.2) is 19.7 Å². The Morgan fingerprint density at radius 2 is 2.22 bits per heavy atom. The fraction of sp³-hybridized carbons (Fsp3) is 0.412. The minimum Gasteiger partial charge on any atom is -0.462 e. The number of carbonyl (C=O) groups is 1. The molecule has 120 valence electrons. The molecule has 6 heteroatoms. The van der Waals surface area contributed by atoms with E-state index in [1.807, 2.05) is 13.1 Å². The van der Waals surface area contributed by atoms with Gasteiger partial charge >= 0.3 is 5.97 Å². The molecule has 3 heterocycles. The third-order valence-electron chi connectivity index (χ3n) is 3.89. The number of carbonyl (C=O) groups excluding carboxylic acids is 1. The van der Waals surface area contributed by atoms with Crippen LogP contribution in [0.25, 0.3) is 0 Å². The largest absolute Gasteiger partial charge is 0.462 e. The number of pyridine rings is 1. The molecule has 0 radical (unpaired) electrons. The fourth-order valence-electron chi connectivity index (χ4n) is 2.71. The van der Waals surface area contributed by atoms with E-state index in [2.05, 4.69) is 19.9 Å². The summed E-state index contributed by atoms with van der Waals surface area (Å²) in [6.07, 6.45) is 5.28. The van der Waals surface area contributed by atoms with Gasteiger partial charge in [-0.1, -0.05) is 6.92 Å². The van der Waals surface area contributed by atoms with Crippen LogP contribution in [0, 0.1) is 0 Å². The molecule has 0 fully saturated rings. The molecule has 1 aliphatic rings. The molecule has 0 bridgehead atoms. The lowest BCUT2D eigenvalue weighted by molar-refractivity contribution is 0.0526. The number of hydrogen-bond donors (Lipinski definition) is 0. The zero-order chi connectivity index (χ0) is 16.2. The third kappa shape index (κ3) is 3.16. The Labute approximate surface area is 135 Å². The van der Waals surface area contributed by atoms with E-state index >= 15 is 0 Å². The summed E-state index contributed by atoms with van der Waals surface area (Å²) in [5.74, 6) is 1.17. The first-order chi connectivity index (χ1) is 11.2. The summed E-state index contributed by atoms with van der Waals surface area (Å²) in [5.41, 5.74) is 2.69. The van der Waals surface area contributed by atoms with E-state index in [9.17, 15) is 4.79 Å². The molecule has 0 atom stereocenters. The van der Waals surface area contributed by atoms with Gasteiger partial charge in [-0.2, -0.15) is 0 Å². The Morgan fingerprint density at radius 1 is 1.35 bits per heavy atom. The van der Waals surface area contributed by atoms with Crippen molar-refractivity contribution < 1.29 is 9.53 Å². The maximum atomic E-state index is 12.1. The quantitative estimate of drug-likeness (QED) is 0.806. The van der Waals surface area contributed by atoms with E-state index in [-0.39, 0.29) is 5.97 Å². The third-order valence-corrected chi connectivity index (χ3v) is 3.89. The van der Waals surface area contributed by atoms with Crippen LogP contribution < -0.4 is 4.90 Å². The van der Waals surface area contributed by atoms with Crippen LogP contribution in [0.2, 0.25) is 0 Å². The zero-order valence-corrected chi connectivity index (χ0v) is 13.5. The van der Waals surface area contributed by atoms with Crippen LogP contribution in [0.1, 0.15) is 41.3 Å². The number of nitrogens with zero attached hydrogens (tertiary/aromatic N) is 4. The molecular weight excluding hydrogens is 292 g/mol. The Balaban J connectivity index is 1.90. The van der Waals surface area contributed by atoms with Gasteiger partial charge in [0.1, 0.15) is 17.2 Å². The summed E-state index contributed by atoms with van der Waals surface area (Å²) in [7, 11) is 0. The summed E-state index contributed by atoms with van der Waals surface area (Å²) in [6, 6.07) is 3.51. The van der Waals surface area contributed by atoms with Crippen LogP contribution in [0.5, 0.6) is 0 Å². The lowest BCUT2D eigenvalue weighted by atomic mass is 10.1. The predicted octanol–water partition coefficient (Wildman–Crippen LogP) is 2.17. The number of hydrogen-bond acceptors (Lipinski definition) is 6. The van der Waals surface area contributed by atoms with Crippen molar-refractivity contribution in [2.45, 2.75) is 33.2 Å². The van der Waals surface area contributed by atoms with Gasteiger partial charge in [-0.05, 0) is 31.0 Å². The normalized spacial score (nSPS) is 13.6. The monoisotopic (exact) mass is 312 g/mol. The van der Waals surface area contributed by atoms with Crippen LogP contribution in [-0.2, 0) is 24.1 Å². The van der Waals surface area contributed by atoms with Crippen molar-refractivity contribution in [3.05, 3.63) is 47.2 Å². The van der Waals surface area contributed by atoms with Gasteiger partial charge in [0.25, 0.3) is 0 Å². The number of esters is 1. The van der Waals surface area contributed by atoms with Gasteiger partial charge in [0.2, 0.25) is 0 Å². The molecule has 0 aromatic carbocycles. The molecule has 1 aliphatic heterocycles. The molecule has 0 saturated heterocycles. The molecule has 0 aliphatic carbocycles. The second-order valence-electron chi connectivity index (χ2n) is 5.38. The fourth-order valence-corrected chi connectivity index (χ4v) is 2.71. The molecule has 23 heavy (non-hydrogen) atoms. The van der Waals surface area contributed by atoms with E-state index in [0.29, 0.717) is 24.5 Å². The molecule has 2 aromatic heterocycles. The number of anilines is 1. The number of fused-ring (bicyclic) bond motifs is 1. The van der Waals surface area contributed by atoms with Crippen molar-refractivity contribution in [1.29, 1.82) is 0 Å². The van der Waals surface area contributed by atoms with Crippen molar-refractivity contribution in [3.8, 4) is 0 Å². The number of ether oxygens (including phenoxy) is 1. The van der Waals surface area contributed by atoms with Crippen LogP contribution in [-0.4, -0.2) is 34.1 Å². The summed E-state index contributed by atoms with van der Waals surface area (Å²) < 4.78 is 5.13. The lowest BCUT2D eigenvalue weighted by Crippen LogP contribution is -2.33. The van der Waals surface area contributed by atoms with Gasteiger partial charge < -0.3 is 9.64 Å². The molecule has 2 aromatic rings. The average Bonchev–Trinajstić information content (AvgIpc) is 2.61. The van der Waals surface area contributed by atoms with Crippen molar-refractivity contribution in [2.24, 2.45) is 0 Å². The highest BCUT2D eigenvalue weighted by Gasteiger charge is 2.24. The number of aromatic nitrogens is 3. The number of aryl methyl sites for hydroxylation is 1. The van der Waals surface area contributed by atoms with Crippen LogP contribution in [0.3, 0.4) is 0 Å². The van der Waals surface area contributed by atoms with Gasteiger partial charge in [-0.15, -0.1) is 0 Å². The van der Waals surface area contributed by atoms with Crippen molar-refractivity contribution in [2.75, 3.05) is 18.1 Å². The highest BCUT2D eigenvalue weighted by molar-refractivity contribution is 5.94. The minimum absolute atomic E-state index is 0.335. The van der Waals surface area contributed by atoms with Gasteiger partial charge in [0, 0.05) is 25.4 Å². The first-order valence-corrected chi connectivity index (χ1v) is 7.93. The maximum Gasteiger partial charge on any atom is 0.341 e. The van der Waals surface area contributed by atoms with E-state index in [1.54, 1.807) is 25.3 Å². The van der Waals surface area contributed by atoms with Gasteiger partial charge in [-0.3, -0.25) is 0 Å². The average molecular weight is 312 g/mol. The molecule has 0 spiro atoms. The summed E-state index contributed by atoms with van der Waals surface area (Å²) in [6.45, 7) is 5.61. The molecule has 0 saturated carbocycles. The van der Waals surface area contributed by atoms with Crippen molar-refractivity contribution in [1.82, 2.24) is 15.0 Å². The second kappa shape index (κ2) is 6.73. The first-order valence-electron chi connectivity index (χ1n) is 7.93. The molecule has 0 amide bonds. The van der Waals surface area contributed by atoms with Crippen molar-refractivity contribution >= 4 is 11.8 Å². The van der Waals surface area contributed by atoms with Gasteiger partial charge in [0.05, 0.1) is 18.8 Å². The SMILES string of the molecule is CCOC(=O)c1cccnc1N1CCc2cnc(CC)nc2C1. The van der Waals surface area contributed by atoms with E-state index in [4.69, 9.17) is 4.74 Å². The molecule has 3 rings (SSSR count). The van der Waals surface area contributed by atoms with E-state index in [0.717, 1.165) is 30.9 Å². The van der Waals surface area contributed by atoms with Crippen LogP contribution in [0.15, 0.2) is 24.5 Å². The smallest absolute Gasteiger partial charge is 0.341 e. The summed E-state index contributed by atoms with van der Waals surface area (Å²) >= 11 is 0. The Bertz CT molecular complexity index is 717. The Hall–Kier alpha value is -2.50. The van der Waals surface area contributed by atoms with Crippen LogP contribution in [0.4, 0.5) is 5.82 Å². The second-order valence-corrected chi connectivity index (χ2v) is 5.38.